The topological polar surface area (TPSA) is 220 Å². The number of ether oxygens (including phenoxy) is 2. The number of sulfone groups is 4. The molecule has 0 bridgehead atoms. The number of benzene rings is 4. The number of halogens is 4. The van der Waals surface area contributed by atoms with E-state index in [2.05, 4.69) is 10.6 Å². The maximum atomic E-state index is 15.2. The Kier molecular flexibility index (Phi) is 18.4. The lowest BCUT2D eigenvalue weighted by Gasteiger charge is -2.32. The molecule has 16 nitrogen and oxygen atoms in total. The van der Waals surface area contributed by atoms with Gasteiger partial charge in [-0.3, -0.25) is 9.80 Å². The van der Waals surface area contributed by atoms with E-state index < -0.39 is 109 Å². The van der Waals surface area contributed by atoms with Gasteiger partial charge in [-0.2, -0.15) is 0 Å². The van der Waals surface area contributed by atoms with Crippen LogP contribution in [0.2, 0.25) is 10.0 Å². The number of carbonyl (C=O) groups excluding carboxylic acids is 2. The normalized spacial score (nSPS) is 20.5. The second kappa shape index (κ2) is 24.1. The first kappa shape index (κ1) is 58.2. The molecule has 0 amide bonds. The number of rotatable bonds is 14. The van der Waals surface area contributed by atoms with E-state index in [9.17, 15) is 43.3 Å². The molecular formula is C52H56Cl2F2N4O12S4. The van der Waals surface area contributed by atoms with Crippen molar-refractivity contribution < 1.29 is 61.5 Å². The van der Waals surface area contributed by atoms with Crippen LogP contribution >= 0.6 is 23.2 Å². The minimum Gasteiger partial charge on any atom is -0.461 e. The van der Waals surface area contributed by atoms with Gasteiger partial charge < -0.3 is 20.1 Å². The molecule has 2 atom stereocenters. The van der Waals surface area contributed by atoms with Crippen molar-refractivity contribution >= 4 is 74.5 Å². The van der Waals surface area contributed by atoms with E-state index in [1.165, 1.54) is 38.1 Å². The van der Waals surface area contributed by atoms with Gasteiger partial charge in [0.1, 0.15) is 24.8 Å². The fraction of sp³-hybridized carbons (Fsp3) is 0.346. The number of carbonyl (C=O) groups is 2. The summed E-state index contributed by atoms with van der Waals surface area (Å²) >= 11 is 12.7. The fourth-order valence-corrected chi connectivity index (χ4v) is 18.1. The van der Waals surface area contributed by atoms with Crippen LogP contribution in [0.15, 0.2) is 141 Å². The van der Waals surface area contributed by atoms with E-state index in [0.717, 1.165) is 23.3 Å². The van der Waals surface area contributed by atoms with Crippen LogP contribution in [-0.2, 0) is 71.5 Å². The Labute approximate surface area is 452 Å². The van der Waals surface area contributed by atoms with Gasteiger partial charge in [0.2, 0.25) is 0 Å². The summed E-state index contributed by atoms with van der Waals surface area (Å²) in [5, 5.41) is 5.41. The summed E-state index contributed by atoms with van der Waals surface area (Å²) < 4.78 is 145. The zero-order valence-corrected chi connectivity index (χ0v) is 46.6. The van der Waals surface area contributed by atoms with Crippen LogP contribution in [0.25, 0.3) is 0 Å². The summed E-state index contributed by atoms with van der Waals surface area (Å²) in [5.41, 5.74) is 1.57. The number of hydrogen-bond acceptors (Lipinski definition) is 16. The molecule has 0 saturated heterocycles. The molecule has 4 aromatic carbocycles. The van der Waals surface area contributed by atoms with Crippen LogP contribution in [0.5, 0.6) is 0 Å². The first-order valence-corrected chi connectivity index (χ1v) is 31.4. The molecule has 0 spiro atoms. The van der Waals surface area contributed by atoms with E-state index >= 15 is 8.78 Å². The number of esters is 2. The van der Waals surface area contributed by atoms with E-state index in [4.69, 9.17) is 32.7 Å². The predicted octanol–water partition coefficient (Wildman–Crippen LogP) is 6.34. The van der Waals surface area contributed by atoms with Crippen molar-refractivity contribution in [1.82, 2.24) is 20.4 Å². The third-order valence-electron chi connectivity index (χ3n) is 12.9. The van der Waals surface area contributed by atoms with E-state index in [-0.39, 0.29) is 78.1 Å². The minimum atomic E-state index is -4.22. The highest BCUT2D eigenvalue weighted by Gasteiger charge is 2.47. The number of nitrogens with zero attached hydrogens (tertiary/aromatic N) is 2. The van der Waals surface area contributed by atoms with Gasteiger partial charge in [0.25, 0.3) is 0 Å². The molecule has 0 saturated carbocycles. The molecule has 24 heteroatoms. The SMILES string of the molecule is CC1=C(C(=O)OCCN(C)Cc2ccccc2)[C@@H](c2c(F)cccc2Cl)C2=C(CS(=O)(=O)CCS2(=O)=O)N1.CC1=C(C(=O)OCCN(C)Cc2ccccc2)[C@H](c2c(F)cccc2Cl)C2=C(CS(=O)(=O)CCS2(=O)=O)N1. The first-order valence-electron chi connectivity index (χ1n) is 23.7. The van der Waals surface area contributed by atoms with Crippen LogP contribution in [0, 0.1) is 11.6 Å². The number of hydrogen-bond donors (Lipinski definition) is 2. The maximum Gasteiger partial charge on any atom is 0.336 e. The van der Waals surface area contributed by atoms with E-state index in [0.29, 0.717) is 26.2 Å². The van der Waals surface area contributed by atoms with Crippen LogP contribution in [0.3, 0.4) is 0 Å². The van der Waals surface area contributed by atoms with E-state index in [1.54, 1.807) is 0 Å². The Morgan fingerprint density at radius 2 is 0.908 bits per heavy atom. The summed E-state index contributed by atoms with van der Waals surface area (Å²) in [5.74, 6) is -10.00. The Hall–Kier alpha value is -5.46. The highest BCUT2D eigenvalue weighted by molar-refractivity contribution is 7.98. The molecule has 0 radical (unpaired) electrons. The summed E-state index contributed by atoms with van der Waals surface area (Å²) in [4.78, 5) is 30.0. The monoisotopic (exact) mass is 1160 g/mol. The largest absolute Gasteiger partial charge is 0.461 e. The molecule has 0 fully saturated rings. The summed E-state index contributed by atoms with van der Waals surface area (Å²) in [7, 11) is -12.2. The van der Waals surface area contributed by atoms with Crippen molar-refractivity contribution in [3.63, 3.8) is 0 Å². The van der Waals surface area contributed by atoms with Gasteiger partial charge in [0.05, 0.1) is 67.3 Å². The van der Waals surface area contributed by atoms with Crippen LogP contribution in [0.1, 0.15) is 47.9 Å². The van der Waals surface area contributed by atoms with E-state index in [1.807, 2.05) is 84.6 Å². The van der Waals surface area contributed by atoms with Crippen molar-refractivity contribution in [3.8, 4) is 0 Å². The second-order valence-electron chi connectivity index (χ2n) is 18.7. The van der Waals surface area contributed by atoms with Crippen molar-refractivity contribution in [1.29, 1.82) is 0 Å². The number of nitrogens with one attached hydrogen (secondary N) is 2. The standard InChI is InChI=1S/2C26H28ClFN2O6S2/c2*1-17-22(26(31)36-12-11-30(2)15-18-7-4-3-5-8-18)24(23-19(27)9-6-10-20(23)28)25-21(29-17)16-37(32,33)13-14-38(25,34)35/h2*3-10,24,29H,11-16H2,1-2H3/t2*24-/m10/s1. The molecule has 76 heavy (non-hydrogen) atoms. The quantitative estimate of drug-likeness (QED) is 0.132. The third-order valence-corrected chi connectivity index (χ3v) is 21.0. The van der Waals surface area contributed by atoms with Gasteiger partial charge >= 0.3 is 11.9 Å². The molecule has 2 N–H and O–H groups in total. The second-order valence-corrected chi connectivity index (χ2v) is 28.0. The van der Waals surface area contributed by atoms with Gasteiger partial charge in [0, 0.05) is 70.1 Å². The molecule has 8 rings (SSSR count). The van der Waals surface area contributed by atoms with Crippen molar-refractivity contribution in [3.05, 3.63) is 185 Å². The Morgan fingerprint density at radius 3 is 1.25 bits per heavy atom. The lowest BCUT2D eigenvalue weighted by molar-refractivity contribution is -0.140. The lowest BCUT2D eigenvalue weighted by Crippen LogP contribution is -2.35. The van der Waals surface area contributed by atoms with Gasteiger partial charge in [-0.05, 0) is 63.3 Å². The lowest BCUT2D eigenvalue weighted by atomic mass is 9.86. The zero-order valence-electron chi connectivity index (χ0n) is 41.8. The molecule has 4 aliphatic heterocycles. The highest BCUT2D eigenvalue weighted by Crippen LogP contribution is 2.47. The Morgan fingerprint density at radius 1 is 0.553 bits per heavy atom. The predicted molar refractivity (Wildman–Crippen MR) is 286 cm³/mol. The van der Waals surface area contributed by atoms with Crippen molar-refractivity contribution in [2.75, 3.05) is 74.9 Å². The molecular weight excluding hydrogens is 1110 g/mol. The first-order chi connectivity index (χ1) is 35.8. The van der Waals surface area contributed by atoms with Crippen LogP contribution in [-0.4, -0.2) is 130 Å². The van der Waals surface area contributed by atoms with Crippen LogP contribution in [0.4, 0.5) is 8.78 Å². The fourth-order valence-electron chi connectivity index (χ4n) is 9.34. The van der Waals surface area contributed by atoms with Crippen molar-refractivity contribution in [2.24, 2.45) is 0 Å². The average Bonchev–Trinajstić information content (AvgIpc) is 3.49. The number of dihydropyridines is 2. The van der Waals surface area contributed by atoms with Gasteiger partial charge in [-0.15, -0.1) is 0 Å². The van der Waals surface area contributed by atoms with Gasteiger partial charge in [-0.1, -0.05) is 96.0 Å². The summed E-state index contributed by atoms with van der Waals surface area (Å²) in [6.45, 7) is 4.98. The summed E-state index contributed by atoms with van der Waals surface area (Å²) in [6.07, 6.45) is 0. The van der Waals surface area contributed by atoms with Gasteiger partial charge in [-0.25, -0.2) is 52.0 Å². The van der Waals surface area contributed by atoms with Crippen molar-refractivity contribution in [2.45, 2.75) is 38.8 Å². The molecule has 0 aromatic heterocycles. The number of likely N-dealkylation sites (N-methyl/N-ethyl adjacent to an activating group) is 2. The Bertz CT molecular complexity index is 3230. The molecule has 0 aliphatic carbocycles. The minimum absolute atomic E-state index is 0.0102. The smallest absolute Gasteiger partial charge is 0.336 e. The molecule has 0 unspecified atom stereocenters. The van der Waals surface area contributed by atoms with Gasteiger partial charge in [0.15, 0.2) is 39.3 Å². The molecule has 4 aliphatic rings. The van der Waals surface area contributed by atoms with Crippen LogP contribution < -0.4 is 10.6 Å². The summed E-state index contributed by atoms with van der Waals surface area (Å²) in [6, 6.07) is 27.2. The Balaban J connectivity index is 0.000000221. The maximum absolute atomic E-state index is 15.2. The zero-order chi connectivity index (χ0) is 55.3. The third kappa shape index (κ3) is 13.8. The number of allylic oxidation sites excluding steroid dienone is 4. The highest BCUT2D eigenvalue weighted by atomic mass is 35.5. The molecule has 4 aromatic rings. The molecule has 408 valence electrons. The molecule has 4 heterocycles. The average molecular weight is 1170 g/mol.